The molecule has 0 amide bonds. The lowest BCUT2D eigenvalue weighted by Gasteiger charge is -2.07. The number of hydrogen-bond donors (Lipinski definition) is 0. The lowest BCUT2D eigenvalue weighted by molar-refractivity contribution is 0.102. The Morgan fingerprint density at radius 3 is 2.78 bits per heavy atom. The molecule has 0 radical (unpaired) electrons. The van der Waals surface area contributed by atoms with Gasteiger partial charge in [-0.15, -0.1) is 0 Å². The summed E-state index contributed by atoms with van der Waals surface area (Å²) in [5, 5.41) is 9.67. The minimum Gasteiger partial charge on any atom is -0.295 e. The van der Waals surface area contributed by atoms with Crippen LogP contribution in [0.25, 0.3) is 5.69 Å². The van der Waals surface area contributed by atoms with Crippen LogP contribution in [0.4, 0.5) is 0 Å². The Kier molecular flexibility index (Phi) is 4.55. The van der Waals surface area contributed by atoms with Crippen molar-refractivity contribution in [1.82, 2.24) is 9.55 Å². The first-order valence-corrected chi connectivity index (χ1v) is 8.01. The number of Topliss-reactive ketones (excluding diaryl/α,β-unsaturated/α-hetero) is 1. The van der Waals surface area contributed by atoms with Gasteiger partial charge in [-0.05, 0) is 24.3 Å². The number of benzene rings is 2. The second-order valence-corrected chi connectivity index (χ2v) is 5.76. The van der Waals surface area contributed by atoms with E-state index in [1.807, 2.05) is 47.2 Å². The van der Waals surface area contributed by atoms with Crippen molar-refractivity contribution in [3.63, 3.8) is 0 Å². The summed E-state index contributed by atoms with van der Waals surface area (Å²) in [7, 11) is 0. The molecule has 0 bridgehead atoms. The Morgan fingerprint density at radius 1 is 1.17 bits per heavy atom. The fourth-order valence-corrected chi connectivity index (χ4v) is 3.02. The van der Waals surface area contributed by atoms with Crippen molar-refractivity contribution in [2.24, 2.45) is 0 Å². The highest BCUT2D eigenvalue weighted by Gasteiger charge is 2.11. The van der Waals surface area contributed by atoms with Gasteiger partial charge in [0.15, 0.2) is 10.9 Å². The van der Waals surface area contributed by atoms with Crippen molar-refractivity contribution in [2.75, 3.05) is 5.75 Å². The van der Waals surface area contributed by atoms with E-state index in [4.69, 9.17) is 5.26 Å². The number of imidazole rings is 1. The number of thioether (sulfide) groups is 1. The van der Waals surface area contributed by atoms with E-state index in [2.05, 4.69) is 4.98 Å². The van der Waals surface area contributed by atoms with Gasteiger partial charge >= 0.3 is 0 Å². The van der Waals surface area contributed by atoms with E-state index < -0.39 is 0 Å². The monoisotopic (exact) mass is 319 g/mol. The molecule has 2 aromatic carbocycles. The van der Waals surface area contributed by atoms with E-state index in [-0.39, 0.29) is 11.5 Å². The van der Waals surface area contributed by atoms with Crippen LogP contribution in [-0.2, 0) is 0 Å². The molecule has 0 fully saturated rings. The summed E-state index contributed by atoms with van der Waals surface area (Å²) in [5.41, 5.74) is 2.05. The summed E-state index contributed by atoms with van der Waals surface area (Å²) >= 11 is 1.38. The fourth-order valence-electron chi connectivity index (χ4n) is 2.16. The van der Waals surface area contributed by atoms with Crippen LogP contribution in [0.2, 0.25) is 0 Å². The highest BCUT2D eigenvalue weighted by molar-refractivity contribution is 7.99. The molecular weight excluding hydrogens is 306 g/mol. The highest BCUT2D eigenvalue weighted by Crippen LogP contribution is 2.21. The minimum atomic E-state index is -0.0188. The van der Waals surface area contributed by atoms with E-state index in [1.165, 1.54) is 11.8 Å². The van der Waals surface area contributed by atoms with Gasteiger partial charge in [0.2, 0.25) is 0 Å². The number of aromatic nitrogens is 2. The maximum atomic E-state index is 12.3. The molecule has 4 nitrogen and oxygen atoms in total. The molecule has 0 aliphatic carbocycles. The maximum Gasteiger partial charge on any atom is 0.173 e. The summed E-state index contributed by atoms with van der Waals surface area (Å²) in [6.07, 6.45) is 3.59. The summed E-state index contributed by atoms with van der Waals surface area (Å²) in [5.74, 6) is 0.258. The SMILES string of the molecule is N#Cc1cccc(C(=O)CSc2nccn2-c2ccccc2)c1. The number of carbonyl (C=O) groups is 1. The van der Waals surface area contributed by atoms with Gasteiger partial charge in [-0.2, -0.15) is 5.26 Å². The van der Waals surface area contributed by atoms with Crippen LogP contribution in [0.15, 0.2) is 72.1 Å². The van der Waals surface area contributed by atoms with Crippen LogP contribution in [-0.4, -0.2) is 21.1 Å². The maximum absolute atomic E-state index is 12.3. The first kappa shape index (κ1) is 15.1. The molecule has 112 valence electrons. The van der Waals surface area contributed by atoms with Crippen molar-refractivity contribution in [3.05, 3.63) is 78.1 Å². The molecule has 3 rings (SSSR count). The fraction of sp³-hybridized carbons (Fsp3) is 0.0556. The zero-order chi connectivity index (χ0) is 16.1. The summed E-state index contributed by atoms with van der Waals surface area (Å²) in [6, 6.07) is 18.7. The Balaban J connectivity index is 1.73. The van der Waals surface area contributed by atoms with E-state index in [9.17, 15) is 4.79 Å². The van der Waals surface area contributed by atoms with Gasteiger partial charge in [-0.3, -0.25) is 9.36 Å². The summed E-state index contributed by atoms with van der Waals surface area (Å²) in [6.45, 7) is 0. The van der Waals surface area contributed by atoms with E-state index in [0.717, 1.165) is 10.8 Å². The van der Waals surface area contributed by atoms with E-state index >= 15 is 0 Å². The molecule has 0 aliphatic heterocycles. The Morgan fingerprint density at radius 2 is 2.00 bits per heavy atom. The van der Waals surface area contributed by atoms with Gasteiger partial charge in [0.25, 0.3) is 0 Å². The molecule has 0 spiro atoms. The van der Waals surface area contributed by atoms with Gasteiger partial charge in [0.1, 0.15) is 0 Å². The second kappa shape index (κ2) is 6.95. The van der Waals surface area contributed by atoms with Crippen molar-refractivity contribution >= 4 is 17.5 Å². The molecule has 3 aromatic rings. The molecule has 1 aromatic heterocycles. The lowest BCUT2D eigenvalue weighted by Crippen LogP contribution is -2.04. The molecule has 0 saturated heterocycles. The van der Waals surface area contributed by atoms with Crippen molar-refractivity contribution in [2.45, 2.75) is 5.16 Å². The normalized spacial score (nSPS) is 10.2. The largest absolute Gasteiger partial charge is 0.295 e. The molecule has 0 N–H and O–H groups in total. The molecule has 0 unspecified atom stereocenters. The number of nitriles is 1. The topological polar surface area (TPSA) is 58.7 Å². The standard InChI is InChI=1S/C18H13N3OS/c19-12-14-5-4-6-15(11-14)17(22)13-23-18-20-9-10-21(18)16-7-2-1-3-8-16/h1-11H,13H2. The number of nitrogens with zero attached hydrogens (tertiary/aromatic N) is 3. The van der Waals surface area contributed by atoms with Crippen LogP contribution < -0.4 is 0 Å². The van der Waals surface area contributed by atoms with Gasteiger partial charge in [-0.1, -0.05) is 42.1 Å². The predicted molar refractivity (Wildman–Crippen MR) is 89.8 cm³/mol. The van der Waals surface area contributed by atoms with Crippen molar-refractivity contribution < 1.29 is 4.79 Å². The van der Waals surface area contributed by atoms with E-state index in [0.29, 0.717) is 11.1 Å². The van der Waals surface area contributed by atoms with Crippen LogP contribution in [0.3, 0.4) is 0 Å². The zero-order valence-corrected chi connectivity index (χ0v) is 13.0. The van der Waals surface area contributed by atoms with Crippen LogP contribution in [0.1, 0.15) is 15.9 Å². The number of rotatable bonds is 5. The summed E-state index contributed by atoms with van der Waals surface area (Å²) in [4.78, 5) is 16.6. The number of para-hydroxylation sites is 1. The van der Waals surface area contributed by atoms with Gasteiger partial charge in [0, 0.05) is 23.6 Å². The molecule has 0 aliphatic rings. The van der Waals surface area contributed by atoms with Crippen molar-refractivity contribution in [1.29, 1.82) is 5.26 Å². The third-order valence-electron chi connectivity index (χ3n) is 3.29. The Bertz CT molecular complexity index is 865. The van der Waals surface area contributed by atoms with Crippen LogP contribution in [0.5, 0.6) is 0 Å². The first-order valence-electron chi connectivity index (χ1n) is 7.03. The second-order valence-electron chi connectivity index (χ2n) is 4.82. The number of ketones is 1. The Hall–Kier alpha value is -2.84. The average Bonchev–Trinajstić information content (AvgIpc) is 3.09. The highest BCUT2D eigenvalue weighted by atomic mass is 32.2. The number of hydrogen-bond acceptors (Lipinski definition) is 4. The summed E-state index contributed by atoms with van der Waals surface area (Å²) < 4.78 is 1.95. The molecule has 0 atom stereocenters. The van der Waals surface area contributed by atoms with Crippen LogP contribution >= 0.6 is 11.8 Å². The number of carbonyl (C=O) groups excluding carboxylic acids is 1. The molecular formula is C18H13N3OS. The smallest absolute Gasteiger partial charge is 0.173 e. The quantitative estimate of drug-likeness (QED) is 0.531. The average molecular weight is 319 g/mol. The van der Waals surface area contributed by atoms with Gasteiger partial charge in [0.05, 0.1) is 17.4 Å². The predicted octanol–water partition coefficient (Wildman–Crippen LogP) is 3.72. The minimum absolute atomic E-state index is 0.0188. The third kappa shape index (κ3) is 3.50. The van der Waals surface area contributed by atoms with E-state index in [1.54, 1.807) is 30.5 Å². The molecule has 0 saturated carbocycles. The zero-order valence-electron chi connectivity index (χ0n) is 12.2. The van der Waals surface area contributed by atoms with Gasteiger partial charge < -0.3 is 0 Å². The van der Waals surface area contributed by atoms with Gasteiger partial charge in [-0.25, -0.2) is 4.98 Å². The Labute approximate surface area is 138 Å². The molecule has 1 heterocycles. The third-order valence-corrected chi connectivity index (χ3v) is 4.25. The molecule has 23 heavy (non-hydrogen) atoms. The first-order chi connectivity index (χ1) is 11.3. The molecule has 5 heteroatoms. The van der Waals surface area contributed by atoms with Crippen LogP contribution in [0, 0.1) is 11.3 Å². The lowest BCUT2D eigenvalue weighted by atomic mass is 10.1. The van der Waals surface area contributed by atoms with Crippen molar-refractivity contribution in [3.8, 4) is 11.8 Å².